The monoisotopic (exact) mass is 206 g/mol. The Kier molecular flexibility index (Phi) is 3.89. The number of carbonyl (C=O) groups is 1. The van der Waals surface area contributed by atoms with Crippen molar-refractivity contribution < 1.29 is 9.90 Å². The van der Waals surface area contributed by atoms with Gasteiger partial charge in [0.2, 0.25) is 0 Å². The van der Waals surface area contributed by atoms with E-state index in [9.17, 15) is 4.79 Å². The van der Waals surface area contributed by atoms with Gasteiger partial charge in [0.25, 0.3) is 0 Å². The molecule has 1 aromatic carbocycles. The van der Waals surface area contributed by atoms with Crippen molar-refractivity contribution in [2.45, 2.75) is 33.1 Å². The molecule has 1 rings (SSSR count). The third-order valence-corrected chi connectivity index (χ3v) is 3.10. The number of hydrogen-bond acceptors (Lipinski definition) is 1. The first kappa shape index (κ1) is 11.8. The van der Waals surface area contributed by atoms with Crippen LogP contribution < -0.4 is 0 Å². The molecule has 1 unspecified atom stereocenters. The standard InChI is InChI=1S/C13H18O2/c1-3-13(2,12(14)15)10-9-11-7-5-4-6-8-11/h4-8H,3,9-10H2,1-2H3,(H,14,15). The third-order valence-electron chi connectivity index (χ3n) is 3.10. The van der Waals surface area contributed by atoms with Crippen molar-refractivity contribution in [3.63, 3.8) is 0 Å². The minimum absolute atomic E-state index is 0.587. The lowest BCUT2D eigenvalue weighted by molar-refractivity contribution is -0.148. The van der Waals surface area contributed by atoms with Gasteiger partial charge >= 0.3 is 5.97 Å². The van der Waals surface area contributed by atoms with Crippen molar-refractivity contribution in [3.05, 3.63) is 35.9 Å². The van der Waals surface area contributed by atoms with Gasteiger partial charge in [-0.1, -0.05) is 37.3 Å². The van der Waals surface area contributed by atoms with E-state index in [0.29, 0.717) is 12.8 Å². The molecule has 0 heterocycles. The molecule has 2 heteroatoms. The summed E-state index contributed by atoms with van der Waals surface area (Å²) in [6, 6.07) is 10.0. The van der Waals surface area contributed by atoms with Gasteiger partial charge in [-0.2, -0.15) is 0 Å². The Balaban J connectivity index is 2.59. The van der Waals surface area contributed by atoms with E-state index in [1.807, 2.05) is 44.2 Å². The van der Waals surface area contributed by atoms with Crippen LogP contribution in [0.4, 0.5) is 0 Å². The van der Waals surface area contributed by atoms with Gasteiger partial charge in [0.15, 0.2) is 0 Å². The summed E-state index contributed by atoms with van der Waals surface area (Å²) < 4.78 is 0. The zero-order valence-corrected chi connectivity index (χ0v) is 9.36. The lowest BCUT2D eigenvalue weighted by Crippen LogP contribution is -2.27. The number of rotatable bonds is 5. The topological polar surface area (TPSA) is 37.3 Å². The molecule has 0 fully saturated rings. The molecule has 1 atom stereocenters. The highest BCUT2D eigenvalue weighted by Gasteiger charge is 2.30. The Morgan fingerprint density at radius 2 is 1.93 bits per heavy atom. The molecule has 0 saturated carbocycles. The summed E-state index contributed by atoms with van der Waals surface area (Å²) >= 11 is 0. The number of hydrogen-bond donors (Lipinski definition) is 1. The summed E-state index contributed by atoms with van der Waals surface area (Å²) in [4.78, 5) is 11.1. The van der Waals surface area contributed by atoms with E-state index in [4.69, 9.17) is 5.11 Å². The molecule has 0 saturated heterocycles. The molecule has 0 aromatic heterocycles. The van der Waals surface area contributed by atoms with Crippen LogP contribution in [0.2, 0.25) is 0 Å². The molecule has 2 nitrogen and oxygen atoms in total. The summed E-state index contributed by atoms with van der Waals surface area (Å²) in [6.07, 6.45) is 2.20. The van der Waals surface area contributed by atoms with Gasteiger partial charge in [-0.25, -0.2) is 0 Å². The lowest BCUT2D eigenvalue weighted by atomic mass is 9.82. The van der Waals surface area contributed by atoms with Crippen LogP contribution >= 0.6 is 0 Å². The van der Waals surface area contributed by atoms with Gasteiger partial charge in [0.1, 0.15) is 0 Å². The molecule has 0 radical (unpaired) electrons. The fourth-order valence-electron chi connectivity index (χ4n) is 1.50. The number of aliphatic carboxylic acids is 1. The Bertz CT molecular complexity index is 319. The zero-order chi connectivity index (χ0) is 11.3. The van der Waals surface area contributed by atoms with E-state index in [-0.39, 0.29) is 0 Å². The number of carboxylic acids is 1. The van der Waals surface area contributed by atoms with Crippen LogP contribution in [0.25, 0.3) is 0 Å². The van der Waals surface area contributed by atoms with Crippen LogP contribution in [0.1, 0.15) is 32.3 Å². The minimum atomic E-state index is -0.694. The van der Waals surface area contributed by atoms with Crippen molar-refractivity contribution in [2.24, 2.45) is 5.41 Å². The third kappa shape index (κ3) is 3.08. The fourth-order valence-corrected chi connectivity index (χ4v) is 1.50. The van der Waals surface area contributed by atoms with Crippen LogP contribution in [-0.2, 0) is 11.2 Å². The van der Waals surface area contributed by atoms with E-state index in [2.05, 4.69) is 0 Å². The summed E-state index contributed by atoms with van der Waals surface area (Å²) in [5.74, 6) is -0.694. The van der Waals surface area contributed by atoms with Crippen molar-refractivity contribution >= 4 is 5.97 Å². The van der Waals surface area contributed by atoms with Crippen molar-refractivity contribution in [2.75, 3.05) is 0 Å². The summed E-state index contributed by atoms with van der Waals surface area (Å²) in [6.45, 7) is 3.75. The highest BCUT2D eigenvalue weighted by atomic mass is 16.4. The maximum absolute atomic E-state index is 11.1. The first-order chi connectivity index (χ1) is 7.08. The molecule has 0 amide bonds. The molecular weight excluding hydrogens is 188 g/mol. The molecule has 0 bridgehead atoms. The predicted octanol–water partition coefficient (Wildman–Crippen LogP) is 3.12. The molecule has 0 aliphatic carbocycles. The van der Waals surface area contributed by atoms with Gasteiger partial charge in [0, 0.05) is 0 Å². The minimum Gasteiger partial charge on any atom is -0.481 e. The molecule has 0 aliphatic rings. The Morgan fingerprint density at radius 1 is 1.33 bits per heavy atom. The van der Waals surface area contributed by atoms with E-state index >= 15 is 0 Å². The zero-order valence-electron chi connectivity index (χ0n) is 9.36. The smallest absolute Gasteiger partial charge is 0.309 e. The van der Waals surface area contributed by atoms with Crippen LogP contribution in [0, 0.1) is 5.41 Å². The van der Waals surface area contributed by atoms with Crippen LogP contribution in [0.5, 0.6) is 0 Å². The van der Waals surface area contributed by atoms with E-state index in [0.717, 1.165) is 6.42 Å². The van der Waals surface area contributed by atoms with E-state index in [1.165, 1.54) is 5.56 Å². The number of aryl methyl sites for hydroxylation is 1. The number of benzene rings is 1. The molecule has 82 valence electrons. The second-order valence-electron chi connectivity index (χ2n) is 4.20. The highest BCUT2D eigenvalue weighted by Crippen LogP contribution is 2.27. The van der Waals surface area contributed by atoms with Crippen LogP contribution in [0.3, 0.4) is 0 Å². The Labute approximate surface area is 90.9 Å². The molecule has 0 aliphatic heterocycles. The molecule has 15 heavy (non-hydrogen) atoms. The van der Waals surface area contributed by atoms with Gasteiger partial charge < -0.3 is 5.11 Å². The average molecular weight is 206 g/mol. The fraction of sp³-hybridized carbons (Fsp3) is 0.462. The van der Waals surface area contributed by atoms with Crippen LogP contribution in [0.15, 0.2) is 30.3 Å². The van der Waals surface area contributed by atoms with Crippen LogP contribution in [-0.4, -0.2) is 11.1 Å². The highest BCUT2D eigenvalue weighted by molar-refractivity contribution is 5.74. The first-order valence-corrected chi connectivity index (χ1v) is 5.36. The van der Waals surface area contributed by atoms with Crippen molar-refractivity contribution in [1.29, 1.82) is 0 Å². The predicted molar refractivity (Wildman–Crippen MR) is 60.8 cm³/mol. The van der Waals surface area contributed by atoms with Crippen molar-refractivity contribution in [1.82, 2.24) is 0 Å². The second kappa shape index (κ2) is 4.96. The summed E-state index contributed by atoms with van der Waals surface area (Å²) in [7, 11) is 0. The summed E-state index contributed by atoms with van der Waals surface area (Å²) in [5, 5.41) is 9.11. The molecule has 1 aromatic rings. The molecule has 0 spiro atoms. The maximum atomic E-state index is 11.1. The Morgan fingerprint density at radius 3 is 2.40 bits per heavy atom. The Hall–Kier alpha value is -1.31. The van der Waals surface area contributed by atoms with Gasteiger partial charge in [-0.05, 0) is 31.7 Å². The lowest BCUT2D eigenvalue weighted by Gasteiger charge is -2.22. The quantitative estimate of drug-likeness (QED) is 0.803. The van der Waals surface area contributed by atoms with Gasteiger partial charge in [-0.15, -0.1) is 0 Å². The molecule has 1 N–H and O–H groups in total. The molecular formula is C13H18O2. The average Bonchev–Trinajstić information content (AvgIpc) is 2.27. The summed E-state index contributed by atoms with van der Waals surface area (Å²) in [5.41, 5.74) is 0.619. The number of carboxylic acid groups (broad SMARTS) is 1. The first-order valence-electron chi connectivity index (χ1n) is 5.36. The maximum Gasteiger partial charge on any atom is 0.309 e. The van der Waals surface area contributed by atoms with E-state index in [1.54, 1.807) is 0 Å². The normalized spacial score (nSPS) is 14.5. The van der Waals surface area contributed by atoms with Gasteiger partial charge in [0.05, 0.1) is 5.41 Å². The van der Waals surface area contributed by atoms with Gasteiger partial charge in [-0.3, -0.25) is 4.79 Å². The SMILES string of the molecule is CCC(C)(CCc1ccccc1)C(=O)O. The largest absolute Gasteiger partial charge is 0.481 e. The van der Waals surface area contributed by atoms with E-state index < -0.39 is 11.4 Å². The second-order valence-corrected chi connectivity index (χ2v) is 4.20. The van der Waals surface area contributed by atoms with Crippen molar-refractivity contribution in [3.8, 4) is 0 Å².